The molecule has 30 heavy (non-hydrogen) atoms. The highest BCUT2D eigenvalue weighted by Crippen LogP contribution is 2.33. The quantitative estimate of drug-likeness (QED) is 0.787. The van der Waals surface area contributed by atoms with Crippen LogP contribution in [0.2, 0.25) is 0 Å². The number of pyridine rings is 2. The number of carbonyl (C=O) groups is 1. The van der Waals surface area contributed by atoms with Gasteiger partial charge in [-0.25, -0.2) is 14.4 Å². The van der Waals surface area contributed by atoms with E-state index < -0.39 is 5.67 Å². The van der Waals surface area contributed by atoms with E-state index in [9.17, 15) is 4.79 Å². The third-order valence-electron chi connectivity index (χ3n) is 5.94. The maximum Gasteiger partial charge on any atom is 0.260 e. The van der Waals surface area contributed by atoms with Gasteiger partial charge >= 0.3 is 0 Å². The number of carbonyl (C=O) groups excluding carboxylic acids is 1. The summed E-state index contributed by atoms with van der Waals surface area (Å²) in [6.07, 6.45) is 5.72. The normalized spacial score (nSPS) is 20.2. The first kappa shape index (κ1) is 21.1. The van der Waals surface area contributed by atoms with E-state index in [1.165, 1.54) is 0 Å². The number of piperidine rings is 2. The molecule has 160 valence electrons. The summed E-state index contributed by atoms with van der Waals surface area (Å²) in [5, 5.41) is 1.43. The zero-order chi connectivity index (χ0) is 21.0. The third-order valence-corrected chi connectivity index (χ3v) is 7.23. The second kappa shape index (κ2) is 9.31. The number of hydrogen-bond acceptors (Lipinski definition) is 6. The summed E-state index contributed by atoms with van der Waals surface area (Å²) in [7, 11) is 0. The fraction of sp³-hybridized carbons (Fsp3) is 0.500. The highest BCUT2D eigenvalue weighted by atomic mass is 32.2. The van der Waals surface area contributed by atoms with E-state index in [0.29, 0.717) is 43.8 Å². The molecule has 0 atom stereocenters. The van der Waals surface area contributed by atoms with E-state index in [-0.39, 0.29) is 18.7 Å². The van der Waals surface area contributed by atoms with Crippen LogP contribution < -0.4 is 5.73 Å². The van der Waals surface area contributed by atoms with Crippen LogP contribution in [0.15, 0.2) is 47.8 Å². The van der Waals surface area contributed by atoms with E-state index >= 15 is 4.39 Å². The van der Waals surface area contributed by atoms with Gasteiger partial charge in [0.05, 0.1) is 5.03 Å². The molecule has 8 heteroatoms. The van der Waals surface area contributed by atoms with Crippen molar-refractivity contribution in [3.05, 3.63) is 48.3 Å². The van der Waals surface area contributed by atoms with E-state index in [1.807, 2.05) is 30.3 Å². The summed E-state index contributed by atoms with van der Waals surface area (Å²) in [6, 6.07) is 9.66. The van der Waals surface area contributed by atoms with E-state index in [2.05, 4.69) is 14.9 Å². The topological polar surface area (TPSA) is 75.3 Å². The van der Waals surface area contributed by atoms with Crippen molar-refractivity contribution in [2.45, 2.75) is 48.2 Å². The number of amides is 1. The lowest BCUT2D eigenvalue weighted by molar-refractivity contribution is -0.148. The Morgan fingerprint density at radius 1 is 1.13 bits per heavy atom. The summed E-state index contributed by atoms with van der Waals surface area (Å²) >= 11 is 1.75. The Labute approximate surface area is 181 Å². The van der Waals surface area contributed by atoms with Gasteiger partial charge in [0, 0.05) is 63.2 Å². The molecule has 2 aromatic rings. The number of anilines is 1. The second-order valence-electron chi connectivity index (χ2n) is 8.11. The molecule has 4 heterocycles. The summed E-state index contributed by atoms with van der Waals surface area (Å²) in [4.78, 5) is 25.2. The molecule has 0 aromatic carbocycles. The van der Waals surface area contributed by atoms with Crippen molar-refractivity contribution in [2.75, 3.05) is 31.9 Å². The Balaban J connectivity index is 1.26. The minimum Gasteiger partial charge on any atom is -0.384 e. The van der Waals surface area contributed by atoms with Gasteiger partial charge in [-0.05, 0) is 42.7 Å². The van der Waals surface area contributed by atoms with Gasteiger partial charge in [0.25, 0.3) is 5.91 Å². The smallest absolute Gasteiger partial charge is 0.260 e. The molecule has 0 bridgehead atoms. The molecule has 2 saturated heterocycles. The number of rotatable bonds is 5. The van der Waals surface area contributed by atoms with Crippen molar-refractivity contribution < 1.29 is 9.18 Å². The van der Waals surface area contributed by atoms with E-state index in [0.717, 1.165) is 23.4 Å². The fourth-order valence-electron chi connectivity index (χ4n) is 4.18. The van der Waals surface area contributed by atoms with Gasteiger partial charge in [-0.2, -0.15) is 0 Å². The molecule has 2 aliphatic rings. The molecule has 0 unspecified atom stereocenters. The van der Waals surface area contributed by atoms with Gasteiger partial charge in [-0.15, -0.1) is 11.8 Å². The van der Waals surface area contributed by atoms with Crippen LogP contribution in [0.4, 0.5) is 10.2 Å². The zero-order valence-corrected chi connectivity index (χ0v) is 17.9. The van der Waals surface area contributed by atoms with Crippen LogP contribution >= 0.6 is 11.8 Å². The van der Waals surface area contributed by atoms with E-state index in [4.69, 9.17) is 5.73 Å². The number of alkyl halides is 1. The monoisotopic (exact) mass is 429 g/mol. The lowest BCUT2D eigenvalue weighted by atomic mass is 9.90. The van der Waals surface area contributed by atoms with Crippen LogP contribution in [0, 0.1) is 0 Å². The standard InChI is InChI=1S/C22H28FN5OS/c23-22(7-13-27(14-8-22)16-17-4-10-25-19(24)15-17)21(29)28-11-5-18(6-12-28)30-20-3-1-2-9-26-20/h1-4,9-10,15,18H,5-8,11-14,16H2,(H2,24,25). The first-order valence-corrected chi connectivity index (χ1v) is 11.4. The predicted molar refractivity (Wildman–Crippen MR) is 117 cm³/mol. The Hall–Kier alpha value is -2.19. The third kappa shape index (κ3) is 5.10. The van der Waals surface area contributed by atoms with Crippen molar-refractivity contribution in [3.63, 3.8) is 0 Å². The second-order valence-corrected chi connectivity index (χ2v) is 9.43. The Morgan fingerprint density at radius 2 is 1.90 bits per heavy atom. The molecule has 0 aliphatic carbocycles. The summed E-state index contributed by atoms with van der Waals surface area (Å²) in [5.41, 5.74) is 5.06. The molecule has 0 radical (unpaired) electrons. The van der Waals surface area contributed by atoms with Crippen LogP contribution in [0.3, 0.4) is 0 Å². The first-order valence-electron chi connectivity index (χ1n) is 10.5. The van der Waals surface area contributed by atoms with Crippen LogP contribution in [0.1, 0.15) is 31.2 Å². The number of halogens is 1. The number of likely N-dealkylation sites (tertiary alicyclic amines) is 2. The molecule has 2 aromatic heterocycles. The van der Waals surface area contributed by atoms with Crippen molar-refractivity contribution in [2.24, 2.45) is 0 Å². The molecule has 2 N–H and O–H groups in total. The zero-order valence-electron chi connectivity index (χ0n) is 17.0. The first-order chi connectivity index (χ1) is 14.5. The Kier molecular flexibility index (Phi) is 6.53. The number of nitrogens with zero attached hydrogens (tertiary/aromatic N) is 4. The molecule has 2 aliphatic heterocycles. The Morgan fingerprint density at radius 3 is 2.57 bits per heavy atom. The van der Waals surface area contributed by atoms with Gasteiger partial charge in [0.1, 0.15) is 5.82 Å². The molecule has 4 rings (SSSR count). The van der Waals surface area contributed by atoms with Crippen molar-refractivity contribution >= 4 is 23.5 Å². The largest absolute Gasteiger partial charge is 0.384 e. The lowest BCUT2D eigenvalue weighted by Crippen LogP contribution is -2.54. The summed E-state index contributed by atoms with van der Waals surface area (Å²) in [5.74, 6) is 0.167. The molecule has 1 amide bonds. The fourth-order valence-corrected chi connectivity index (χ4v) is 5.24. The van der Waals surface area contributed by atoms with Gasteiger partial charge in [0.2, 0.25) is 0 Å². The average molecular weight is 430 g/mol. The number of hydrogen-bond donors (Lipinski definition) is 1. The maximum atomic E-state index is 15.5. The highest BCUT2D eigenvalue weighted by Gasteiger charge is 2.44. The van der Waals surface area contributed by atoms with Crippen molar-refractivity contribution in [3.8, 4) is 0 Å². The molecular weight excluding hydrogens is 401 g/mol. The number of thioether (sulfide) groups is 1. The van der Waals surface area contributed by atoms with Crippen molar-refractivity contribution in [1.82, 2.24) is 19.8 Å². The average Bonchev–Trinajstić information content (AvgIpc) is 2.76. The number of nitrogen functional groups attached to an aromatic ring is 1. The van der Waals surface area contributed by atoms with Crippen LogP contribution in [0.5, 0.6) is 0 Å². The molecule has 0 saturated carbocycles. The summed E-state index contributed by atoms with van der Waals surface area (Å²) < 4.78 is 15.5. The van der Waals surface area contributed by atoms with E-state index in [1.54, 1.807) is 29.1 Å². The minimum atomic E-state index is -1.74. The lowest BCUT2D eigenvalue weighted by Gasteiger charge is -2.40. The number of nitrogens with two attached hydrogens (primary N) is 1. The molecular formula is C22H28FN5OS. The van der Waals surface area contributed by atoms with Gasteiger partial charge in [-0.1, -0.05) is 6.07 Å². The minimum absolute atomic E-state index is 0.245. The Bertz CT molecular complexity index is 852. The van der Waals surface area contributed by atoms with Gasteiger partial charge in [-0.3, -0.25) is 9.69 Å². The SMILES string of the molecule is Nc1cc(CN2CCC(F)(C(=O)N3CCC(Sc4ccccn4)CC3)CC2)ccn1. The van der Waals surface area contributed by atoms with Crippen molar-refractivity contribution in [1.29, 1.82) is 0 Å². The molecule has 2 fully saturated rings. The van der Waals surface area contributed by atoms with Gasteiger partial charge < -0.3 is 10.6 Å². The molecule has 6 nitrogen and oxygen atoms in total. The molecule has 0 spiro atoms. The van der Waals surface area contributed by atoms with Gasteiger partial charge in [0.15, 0.2) is 5.67 Å². The number of aromatic nitrogens is 2. The maximum absolute atomic E-state index is 15.5. The van der Waals surface area contributed by atoms with Crippen LogP contribution in [-0.2, 0) is 11.3 Å². The predicted octanol–water partition coefficient (Wildman–Crippen LogP) is 3.15. The van der Waals surface area contributed by atoms with Crippen LogP contribution in [0.25, 0.3) is 0 Å². The summed E-state index contributed by atoms with van der Waals surface area (Å²) in [6.45, 7) is 3.07. The van der Waals surface area contributed by atoms with Crippen LogP contribution in [-0.4, -0.2) is 62.8 Å². The highest BCUT2D eigenvalue weighted by molar-refractivity contribution is 7.99.